The van der Waals surface area contributed by atoms with Crippen LogP contribution in [0, 0.1) is 0 Å². The van der Waals surface area contributed by atoms with Crippen LogP contribution in [0.3, 0.4) is 0 Å². The molecule has 2 heterocycles. The first-order valence-corrected chi connectivity index (χ1v) is 10.0. The van der Waals surface area contributed by atoms with E-state index in [1.807, 2.05) is 0 Å². The maximum atomic E-state index is 13.3. The van der Waals surface area contributed by atoms with Crippen molar-refractivity contribution in [1.82, 2.24) is 19.2 Å². The number of benzene rings is 1. The predicted octanol–water partition coefficient (Wildman–Crippen LogP) is 2.28. The van der Waals surface area contributed by atoms with Crippen molar-refractivity contribution in [2.45, 2.75) is 17.4 Å². The fraction of sp³-hybridized carbons (Fsp3) is 0.278. The summed E-state index contributed by atoms with van der Waals surface area (Å²) in [6.07, 6.45) is 6.12. The van der Waals surface area contributed by atoms with Gasteiger partial charge in [-0.15, -0.1) is 0 Å². The van der Waals surface area contributed by atoms with Gasteiger partial charge in [0, 0.05) is 61.8 Å². The van der Waals surface area contributed by atoms with Crippen molar-refractivity contribution < 1.29 is 13.2 Å². The number of piperidine rings is 1. The second kappa shape index (κ2) is 7.75. The molecule has 9 heteroatoms. The molecule has 1 unspecified atom stereocenters. The van der Waals surface area contributed by atoms with Crippen molar-refractivity contribution in [2.24, 2.45) is 0 Å². The Balaban J connectivity index is 2.07. The summed E-state index contributed by atoms with van der Waals surface area (Å²) in [5.41, 5.74) is 1.01. The molecule has 0 saturated carbocycles. The van der Waals surface area contributed by atoms with Gasteiger partial charge in [0.05, 0.1) is 10.9 Å². The SMILES string of the molecule is CN(C)/C=C1/CN(S(=O)(=O)c2ccc(Cl)cc2)C(c2cncnc2)CC1=O. The first-order valence-electron chi connectivity index (χ1n) is 8.21. The van der Waals surface area contributed by atoms with Gasteiger partial charge in [-0.2, -0.15) is 4.31 Å². The van der Waals surface area contributed by atoms with E-state index in [1.165, 1.54) is 47.3 Å². The summed E-state index contributed by atoms with van der Waals surface area (Å²) in [6.45, 7) is -0.0263. The maximum Gasteiger partial charge on any atom is 0.243 e. The second-order valence-corrected chi connectivity index (χ2v) is 8.76. The number of sulfonamides is 1. The lowest BCUT2D eigenvalue weighted by Gasteiger charge is -2.35. The van der Waals surface area contributed by atoms with Crippen molar-refractivity contribution in [1.29, 1.82) is 0 Å². The summed E-state index contributed by atoms with van der Waals surface area (Å²) < 4.78 is 27.9. The van der Waals surface area contributed by atoms with Crippen LogP contribution in [0.4, 0.5) is 0 Å². The minimum absolute atomic E-state index is 0.0263. The molecule has 1 fully saturated rings. The third kappa shape index (κ3) is 4.18. The summed E-state index contributed by atoms with van der Waals surface area (Å²) in [5.74, 6) is -0.0971. The molecule has 7 nitrogen and oxygen atoms in total. The Morgan fingerprint density at radius 3 is 2.41 bits per heavy atom. The average Bonchev–Trinajstić information content (AvgIpc) is 2.63. The van der Waals surface area contributed by atoms with Gasteiger partial charge in [-0.05, 0) is 24.3 Å². The van der Waals surface area contributed by atoms with Crippen molar-refractivity contribution in [2.75, 3.05) is 20.6 Å². The fourth-order valence-corrected chi connectivity index (χ4v) is 4.68. The van der Waals surface area contributed by atoms with Gasteiger partial charge in [0.25, 0.3) is 0 Å². The lowest BCUT2D eigenvalue weighted by molar-refractivity contribution is -0.117. The number of hydrogen-bond donors (Lipinski definition) is 0. The normalized spacial score (nSPS) is 20.0. The van der Waals surface area contributed by atoms with Crippen LogP contribution >= 0.6 is 11.6 Å². The molecular weight excluding hydrogens is 388 g/mol. The molecule has 1 aliphatic rings. The molecule has 2 aromatic rings. The molecule has 0 bridgehead atoms. The highest BCUT2D eigenvalue weighted by molar-refractivity contribution is 7.89. The van der Waals surface area contributed by atoms with Crippen molar-refractivity contribution in [3.63, 3.8) is 0 Å². The van der Waals surface area contributed by atoms with Gasteiger partial charge < -0.3 is 4.90 Å². The summed E-state index contributed by atoms with van der Waals surface area (Å²) >= 11 is 5.89. The zero-order valence-corrected chi connectivity index (χ0v) is 16.5. The van der Waals surface area contributed by atoms with Crippen molar-refractivity contribution in [3.05, 3.63) is 65.3 Å². The smallest absolute Gasteiger partial charge is 0.243 e. The Labute approximate surface area is 163 Å². The van der Waals surface area contributed by atoms with Crippen LogP contribution in [0.15, 0.2) is 59.7 Å². The highest BCUT2D eigenvalue weighted by Gasteiger charge is 2.39. The number of hydrogen-bond acceptors (Lipinski definition) is 6. The molecule has 1 atom stereocenters. The van der Waals surface area contributed by atoms with E-state index in [-0.39, 0.29) is 23.6 Å². The minimum atomic E-state index is -3.86. The highest BCUT2D eigenvalue weighted by atomic mass is 35.5. The van der Waals surface area contributed by atoms with Crippen LogP contribution < -0.4 is 0 Å². The van der Waals surface area contributed by atoms with Gasteiger partial charge in [0.15, 0.2) is 5.78 Å². The first kappa shape index (κ1) is 19.5. The third-order valence-electron chi connectivity index (χ3n) is 4.21. The molecule has 142 valence electrons. The van der Waals surface area contributed by atoms with Gasteiger partial charge in [-0.25, -0.2) is 18.4 Å². The van der Waals surface area contributed by atoms with E-state index in [0.717, 1.165) is 0 Å². The number of rotatable bonds is 4. The van der Waals surface area contributed by atoms with E-state index in [9.17, 15) is 13.2 Å². The van der Waals surface area contributed by atoms with Crippen molar-refractivity contribution >= 4 is 27.4 Å². The Morgan fingerprint density at radius 2 is 1.81 bits per heavy atom. The standard InChI is InChI=1S/C18H19ClN4O3S/c1-22(2)10-14-11-23(27(25,26)16-5-3-15(19)4-6-16)17(7-18(14)24)13-8-20-12-21-9-13/h3-6,8-10,12,17H,7,11H2,1-2H3/b14-10-. The van der Waals surface area contributed by atoms with Crippen LogP contribution in [0.5, 0.6) is 0 Å². The minimum Gasteiger partial charge on any atom is -0.383 e. The monoisotopic (exact) mass is 406 g/mol. The summed E-state index contributed by atoms with van der Waals surface area (Å²) in [7, 11) is -0.286. The van der Waals surface area contributed by atoms with Gasteiger partial charge in [-0.3, -0.25) is 4.79 Å². The Morgan fingerprint density at radius 1 is 1.19 bits per heavy atom. The van der Waals surface area contributed by atoms with Crippen LogP contribution in [-0.2, 0) is 14.8 Å². The molecule has 1 saturated heterocycles. The molecule has 0 spiro atoms. The molecule has 0 aliphatic carbocycles. The molecule has 3 rings (SSSR count). The Hall–Kier alpha value is -2.29. The zero-order chi connectivity index (χ0) is 19.6. The van der Waals surface area contributed by atoms with Crippen LogP contribution in [0.1, 0.15) is 18.0 Å². The van der Waals surface area contributed by atoms with E-state index < -0.39 is 16.1 Å². The molecular formula is C18H19ClN4O3S. The number of aromatic nitrogens is 2. The van der Waals surface area contributed by atoms with Gasteiger partial charge in [0.2, 0.25) is 10.0 Å². The molecule has 0 amide bonds. The van der Waals surface area contributed by atoms with Crippen LogP contribution in [-0.4, -0.2) is 54.0 Å². The first-order chi connectivity index (χ1) is 12.8. The maximum absolute atomic E-state index is 13.3. The lowest BCUT2D eigenvalue weighted by atomic mass is 9.95. The average molecular weight is 407 g/mol. The number of Topliss-reactive ketones (excluding diaryl/α,β-unsaturated/α-hetero) is 1. The third-order valence-corrected chi connectivity index (χ3v) is 6.33. The van der Waals surface area contributed by atoms with E-state index in [1.54, 1.807) is 25.2 Å². The summed E-state index contributed by atoms with van der Waals surface area (Å²) in [5, 5.41) is 0.448. The summed E-state index contributed by atoms with van der Waals surface area (Å²) in [6, 6.07) is 5.31. The molecule has 1 aromatic heterocycles. The largest absolute Gasteiger partial charge is 0.383 e. The second-order valence-electron chi connectivity index (χ2n) is 6.44. The molecule has 27 heavy (non-hydrogen) atoms. The molecule has 1 aliphatic heterocycles. The van der Waals surface area contributed by atoms with E-state index >= 15 is 0 Å². The van der Waals surface area contributed by atoms with Crippen LogP contribution in [0.25, 0.3) is 0 Å². The zero-order valence-electron chi connectivity index (χ0n) is 14.9. The Bertz CT molecular complexity index is 960. The van der Waals surface area contributed by atoms with Crippen molar-refractivity contribution in [3.8, 4) is 0 Å². The highest BCUT2D eigenvalue weighted by Crippen LogP contribution is 2.35. The lowest BCUT2D eigenvalue weighted by Crippen LogP contribution is -2.43. The number of carbonyl (C=O) groups is 1. The van der Waals surface area contributed by atoms with Gasteiger partial charge in [-0.1, -0.05) is 11.6 Å². The number of ketones is 1. The van der Waals surface area contributed by atoms with E-state index in [2.05, 4.69) is 9.97 Å². The van der Waals surface area contributed by atoms with Gasteiger partial charge >= 0.3 is 0 Å². The predicted molar refractivity (Wildman–Crippen MR) is 102 cm³/mol. The number of halogens is 1. The van der Waals surface area contributed by atoms with E-state index in [0.29, 0.717) is 16.2 Å². The Kier molecular flexibility index (Phi) is 5.59. The molecule has 0 radical (unpaired) electrons. The van der Waals surface area contributed by atoms with E-state index in [4.69, 9.17) is 11.6 Å². The summed E-state index contributed by atoms with van der Waals surface area (Å²) in [4.78, 5) is 22.4. The fourth-order valence-electron chi connectivity index (χ4n) is 2.96. The quantitative estimate of drug-likeness (QED) is 0.724. The van der Waals surface area contributed by atoms with Gasteiger partial charge in [0.1, 0.15) is 6.33 Å². The molecule has 0 N–H and O–H groups in total. The topological polar surface area (TPSA) is 83.5 Å². The van der Waals surface area contributed by atoms with Crippen LogP contribution in [0.2, 0.25) is 5.02 Å². The number of nitrogens with zero attached hydrogens (tertiary/aromatic N) is 4. The number of carbonyl (C=O) groups excluding carboxylic acids is 1. The molecule has 1 aromatic carbocycles.